The number of hydrogen-bond donors (Lipinski definition) is 0. The van der Waals surface area contributed by atoms with Gasteiger partial charge in [0.25, 0.3) is 0 Å². The fourth-order valence-corrected chi connectivity index (χ4v) is 3.93. The smallest absolute Gasteiger partial charge is 0.409 e. The van der Waals surface area contributed by atoms with Crippen molar-refractivity contribution in [2.75, 3.05) is 50.8 Å². The molecule has 2 aromatic heterocycles. The lowest BCUT2D eigenvalue weighted by Crippen LogP contribution is -2.53. The second-order valence-corrected chi connectivity index (χ2v) is 7.37. The molecule has 0 radical (unpaired) electrons. The third kappa shape index (κ3) is 4.34. The number of carbonyl (C=O) groups excluding carboxylic acids is 2. The number of ether oxygens (including phenoxy) is 1. The molecule has 0 spiro atoms. The number of rotatable bonds is 4. The normalized spacial score (nSPS) is 19.6. The molecule has 2 aromatic rings. The van der Waals surface area contributed by atoms with Crippen LogP contribution < -0.4 is 4.90 Å². The fraction of sp³-hybridized carbons (Fsp3) is 0.579. The summed E-state index contributed by atoms with van der Waals surface area (Å²) >= 11 is 0. The van der Waals surface area contributed by atoms with Gasteiger partial charge in [0.2, 0.25) is 5.91 Å². The molecule has 2 amide bonds. The first-order chi connectivity index (χ1) is 14.7. The minimum Gasteiger partial charge on any atom is -0.450 e. The van der Waals surface area contributed by atoms with E-state index in [4.69, 9.17) is 4.74 Å². The standard InChI is InChI=1S/C19H26N8O3/c1-2-30-19(29)25-8-6-24(7-9-25)18(28)15-4-3-5-26(11-15)16-10-17(22-13-21-16)27-14-20-12-23-27/h10,12-15H,2-9,11H2,1H3. The van der Waals surface area contributed by atoms with E-state index in [1.807, 2.05) is 11.0 Å². The van der Waals surface area contributed by atoms with E-state index < -0.39 is 0 Å². The Hall–Kier alpha value is -3.24. The Morgan fingerprint density at radius 2 is 1.83 bits per heavy atom. The summed E-state index contributed by atoms with van der Waals surface area (Å²) in [7, 11) is 0. The molecule has 160 valence electrons. The van der Waals surface area contributed by atoms with Crippen molar-refractivity contribution in [2.24, 2.45) is 5.92 Å². The van der Waals surface area contributed by atoms with Gasteiger partial charge in [-0.05, 0) is 19.8 Å². The van der Waals surface area contributed by atoms with E-state index in [1.54, 1.807) is 22.8 Å². The molecule has 0 bridgehead atoms. The Kier molecular flexibility index (Phi) is 6.05. The van der Waals surface area contributed by atoms with Crippen molar-refractivity contribution < 1.29 is 14.3 Å². The van der Waals surface area contributed by atoms with Crippen LogP contribution in [0.3, 0.4) is 0 Å². The Balaban J connectivity index is 1.37. The van der Waals surface area contributed by atoms with Gasteiger partial charge in [-0.15, -0.1) is 0 Å². The molecule has 0 saturated carbocycles. The van der Waals surface area contributed by atoms with Crippen LogP contribution in [0.15, 0.2) is 25.0 Å². The maximum Gasteiger partial charge on any atom is 0.409 e. The zero-order valence-electron chi connectivity index (χ0n) is 17.1. The Morgan fingerprint density at radius 1 is 1.07 bits per heavy atom. The molecule has 0 aromatic carbocycles. The first-order valence-corrected chi connectivity index (χ1v) is 10.3. The summed E-state index contributed by atoms with van der Waals surface area (Å²) in [5.41, 5.74) is 0. The van der Waals surface area contributed by atoms with Crippen molar-refractivity contribution in [3.8, 4) is 5.82 Å². The minimum absolute atomic E-state index is 0.0855. The predicted octanol–water partition coefficient (Wildman–Crippen LogP) is 0.574. The number of piperazine rings is 1. The highest BCUT2D eigenvalue weighted by atomic mass is 16.6. The summed E-state index contributed by atoms with van der Waals surface area (Å²) in [4.78, 5) is 43.2. The molecule has 4 rings (SSSR count). The van der Waals surface area contributed by atoms with Crippen molar-refractivity contribution in [1.29, 1.82) is 0 Å². The summed E-state index contributed by atoms with van der Waals surface area (Å²) in [6, 6.07) is 1.86. The van der Waals surface area contributed by atoms with Crippen LogP contribution in [-0.2, 0) is 9.53 Å². The molecule has 11 nitrogen and oxygen atoms in total. The van der Waals surface area contributed by atoms with E-state index in [-0.39, 0.29) is 17.9 Å². The number of hydrogen-bond acceptors (Lipinski definition) is 8. The quantitative estimate of drug-likeness (QED) is 0.714. The van der Waals surface area contributed by atoms with Crippen LogP contribution in [0.1, 0.15) is 19.8 Å². The molecular formula is C19H26N8O3. The van der Waals surface area contributed by atoms with Crippen molar-refractivity contribution in [2.45, 2.75) is 19.8 Å². The number of anilines is 1. The van der Waals surface area contributed by atoms with Gasteiger partial charge in [-0.2, -0.15) is 5.10 Å². The maximum atomic E-state index is 13.1. The fourth-order valence-electron chi connectivity index (χ4n) is 3.93. The highest BCUT2D eigenvalue weighted by Gasteiger charge is 2.32. The molecular weight excluding hydrogens is 388 g/mol. The molecule has 30 heavy (non-hydrogen) atoms. The molecule has 2 saturated heterocycles. The molecule has 0 N–H and O–H groups in total. The van der Waals surface area contributed by atoms with Gasteiger partial charge in [-0.3, -0.25) is 4.79 Å². The molecule has 2 aliphatic rings. The minimum atomic E-state index is -0.305. The summed E-state index contributed by atoms with van der Waals surface area (Å²) < 4.78 is 6.63. The SMILES string of the molecule is CCOC(=O)N1CCN(C(=O)C2CCCN(c3cc(-n4cncn4)ncn3)C2)CC1. The van der Waals surface area contributed by atoms with Crippen LogP contribution in [0.25, 0.3) is 5.82 Å². The second kappa shape index (κ2) is 9.06. The summed E-state index contributed by atoms with van der Waals surface area (Å²) in [6.07, 6.45) is 6.02. The molecule has 1 atom stereocenters. The van der Waals surface area contributed by atoms with Crippen molar-refractivity contribution in [3.05, 3.63) is 25.0 Å². The van der Waals surface area contributed by atoms with Gasteiger partial charge in [0.15, 0.2) is 5.82 Å². The number of carbonyl (C=O) groups is 2. The van der Waals surface area contributed by atoms with Crippen molar-refractivity contribution in [1.82, 2.24) is 34.5 Å². The van der Waals surface area contributed by atoms with E-state index in [9.17, 15) is 9.59 Å². The molecule has 1 unspecified atom stereocenters. The van der Waals surface area contributed by atoms with Crippen LogP contribution >= 0.6 is 0 Å². The van der Waals surface area contributed by atoms with E-state index in [1.165, 1.54) is 12.7 Å². The lowest BCUT2D eigenvalue weighted by Gasteiger charge is -2.39. The molecule has 2 fully saturated rings. The van der Waals surface area contributed by atoms with E-state index >= 15 is 0 Å². The van der Waals surface area contributed by atoms with Gasteiger partial charge < -0.3 is 19.4 Å². The van der Waals surface area contributed by atoms with Gasteiger partial charge in [0, 0.05) is 45.3 Å². The van der Waals surface area contributed by atoms with Crippen LogP contribution in [-0.4, -0.2) is 92.4 Å². The van der Waals surface area contributed by atoms with Gasteiger partial charge in [-0.25, -0.2) is 24.4 Å². The highest BCUT2D eigenvalue weighted by molar-refractivity contribution is 5.80. The topological polar surface area (TPSA) is 110 Å². The lowest BCUT2D eigenvalue weighted by molar-refractivity contribution is -0.137. The Bertz CT molecular complexity index is 866. The molecule has 4 heterocycles. The largest absolute Gasteiger partial charge is 0.450 e. The van der Waals surface area contributed by atoms with Crippen LogP contribution in [0.5, 0.6) is 0 Å². The average molecular weight is 414 g/mol. The van der Waals surface area contributed by atoms with E-state index in [0.29, 0.717) is 45.1 Å². The van der Waals surface area contributed by atoms with Crippen LogP contribution in [0.2, 0.25) is 0 Å². The Morgan fingerprint density at radius 3 is 2.57 bits per heavy atom. The van der Waals surface area contributed by atoms with Crippen LogP contribution in [0, 0.1) is 5.92 Å². The van der Waals surface area contributed by atoms with Gasteiger partial charge in [0.05, 0.1) is 12.5 Å². The lowest BCUT2D eigenvalue weighted by atomic mass is 9.96. The summed E-state index contributed by atoms with van der Waals surface area (Å²) in [6.45, 7) is 5.70. The van der Waals surface area contributed by atoms with Gasteiger partial charge in [0.1, 0.15) is 24.8 Å². The summed E-state index contributed by atoms with van der Waals surface area (Å²) in [5.74, 6) is 1.48. The average Bonchev–Trinajstić information content (AvgIpc) is 3.34. The molecule has 2 aliphatic heterocycles. The van der Waals surface area contributed by atoms with Crippen molar-refractivity contribution >= 4 is 17.8 Å². The zero-order valence-corrected chi connectivity index (χ0v) is 17.1. The maximum absolute atomic E-state index is 13.1. The zero-order chi connectivity index (χ0) is 20.9. The summed E-state index contributed by atoms with van der Waals surface area (Å²) in [5, 5.41) is 4.11. The van der Waals surface area contributed by atoms with Crippen LogP contribution in [0.4, 0.5) is 10.6 Å². The highest BCUT2D eigenvalue weighted by Crippen LogP contribution is 2.24. The monoisotopic (exact) mass is 414 g/mol. The van der Waals surface area contributed by atoms with Gasteiger partial charge in [-0.1, -0.05) is 0 Å². The molecule has 0 aliphatic carbocycles. The van der Waals surface area contributed by atoms with Crippen molar-refractivity contribution in [3.63, 3.8) is 0 Å². The van der Waals surface area contributed by atoms with E-state index in [0.717, 1.165) is 25.2 Å². The Labute approximate surface area is 174 Å². The third-order valence-corrected chi connectivity index (χ3v) is 5.50. The number of amides is 2. The van der Waals surface area contributed by atoms with Gasteiger partial charge >= 0.3 is 6.09 Å². The predicted molar refractivity (Wildman–Crippen MR) is 107 cm³/mol. The third-order valence-electron chi connectivity index (χ3n) is 5.50. The number of aromatic nitrogens is 5. The molecule has 11 heteroatoms. The van der Waals surface area contributed by atoms with E-state index in [2.05, 4.69) is 25.0 Å². The first-order valence-electron chi connectivity index (χ1n) is 10.3. The number of nitrogens with zero attached hydrogens (tertiary/aromatic N) is 8. The second-order valence-electron chi connectivity index (χ2n) is 7.37. The first kappa shape index (κ1) is 20.0. The number of piperidine rings is 1.